The molecule has 0 atom stereocenters. The highest BCUT2D eigenvalue weighted by molar-refractivity contribution is 8.18. The third kappa shape index (κ3) is 5.47. The van der Waals surface area contributed by atoms with Gasteiger partial charge in [-0.25, -0.2) is 4.99 Å². The molecular formula is C36H36N4OS. The molecule has 0 bridgehead atoms. The Hall–Kier alpha value is -4.29. The summed E-state index contributed by atoms with van der Waals surface area (Å²) in [6.07, 6.45) is 4.81. The average molecular weight is 573 g/mol. The molecule has 1 fully saturated rings. The van der Waals surface area contributed by atoms with Gasteiger partial charge in [-0.2, -0.15) is 0 Å². The van der Waals surface area contributed by atoms with E-state index in [1.807, 2.05) is 53.6 Å². The van der Waals surface area contributed by atoms with Crippen LogP contribution in [0.2, 0.25) is 0 Å². The lowest BCUT2D eigenvalue weighted by Crippen LogP contribution is -2.31. The van der Waals surface area contributed by atoms with E-state index in [2.05, 4.69) is 92.7 Å². The van der Waals surface area contributed by atoms with Crippen molar-refractivity contribution in [2.75, 3.05) is 6.54 Å². The van der Waals surface area contributed by atoms with Crippen LogP contribution in [0.4, 0.5) is 5.69 Å². The summed E-state index contributed by atoms with van der Waals surface area (Å²) in [5.41, 5.74) is 8.96. The topological polar surface area (TPSA) is 53.4 Å². The van der Waals surface area contributed by atoms with E-state index in [1.165, 1.54) is 28.3 Å². The van der Waals surface area contributed by atoms with Gasteiger partial charge in [0.1, 0.15) is 0 Å². The maximum Gasteiger partial charge on any atom is 0.266 e. The predicted octanol–water partition coefficient (Wildman–Crippen LogP) is 8.72. The molecule has 1 amide bonds. The summed E-state index contributed by atoms with van der Waals surface area (Å²) < 4.78 is 2.26. The number of aromatic amines is 1. The van der Waals surface area contributed by atoms with E-state index in [0.717, 1.165) is 40.3 Å². The van der Waals surface area contributed by atoms with Crippen LogP contribution < -0.4 is 0 Å². The lowest BCUT2D eigenvalue weighted by molar-refractivity contribution is -0.122. The van der Waals surface area contributed by atoms with Gasteiger partial charge in [0.2, 0.25) is 0 Å². The molecule has 1 aliphatic rings. The number of hydrogen-bond donors (Lipinski definition) is 1. The van der Waals surface area contributed by atoms with Gasteiger partial charge in [-0.15, -0.1) is 0 Å². The minimum atomic E-state index is -0.00569. The molecule has 42 heavy (non-hydrogen) atoms. The van der Waals surface area contributed by atoms with E-state index in [4.69, 9.17) is 4.99 Å². The van der Waals surface area contributed by atoms with E-state index in [9.17, 15) is 4.79 Å². The number of aryl methyl sites for hydroxylation is 1. The van der Waals surface area contributed by atoms with Gasteiger partial charge in [-0.1, -0.05) is 69.3 Å². The van der Waals surface area contributed by atoms with Gasteiger partial charge in [0.25, 0.3) is 5.91 Å². The molecule has 0 spiro atoms. The van der Waals surface area contributed by atoms with Crippen LogP contribution in [-0.2, 0) is 16.6 Å². The van der Waals surface area contributed by atoms with Gasteiger partial charge in [-0.05, 0) is 96.6 Å². The van der Waals surface area contributed by atoms with Gasteiger partial charge >= 0.3 is 0 Å². The molecule has 5 nitrogen and oxygen atoms in total. The molecule has 1 aliphatic heterocycles. The second-order valence-electron chi connectivity index (χ2n) is 11.9. The Morgan fingerprint density at radius 3 is 2.38 bits per heavy atom. The zero-order valence-corrected chi connectivity index (χ0v) is 25.6. The first-order valence-electron chi connectivity index (χ1n) is 14.4. The summed E-state index contributed by atoms with van der Waals surface area (Å²) in [4.78, 5) is 24.6. The van der Waals surface area contributed by atoms with Crippen molar-refractivity contribution in [2.45, 2.75) is 46.5 Å². The zero-order chi connectivity index (χ0) is 29.4. The molecule has 6 heteroatoms. The molecule has 0 unspecified atom stereocenters. The first kappa shape index (κ1) is 27.9. The number of amidine groups is 1. The van der Waals surface area contributed by atoms with E-state index in [0.29, 0.717) is 16.6 Å². The molecule has 0 aliphatic carbocycles. The fraction of sp³-hybridized carbons (Fsp3) is 0.222. The second-order valence-corrected chi connectivity index (χ2v) is 12.9. The lowest BCUT2D eigenvalue weighted by Gasteiger charge is -2.20. The van der Waals surface area contributed by atoms with Crippen molar-refractivity contribution >= 4 is 45.5 Å². The monoisotopic (exact) mass is 572 g/mol. The Labute approximate surface area is 252 Å². The first-order valence-corrected chi connectivity index (χ1v) is 15.2. The van der Waals surface area contributed by atoms with E-state index >= 15 is 0 Å². The number of carbonyl (C=O) groups excluding carboxylic acids is 1. The minimum absolute atomic E-state index is 0.00569. The molecule has 1 saturated heterocycles. The summed E-state index contributed by atoms with van der Waals surface area (Å²) in [5, 5.41) is 1.90. The fourth-order valence-electron chi connectivity index (χ4n) is 5.56. The van der Waals surface area contributed by atoms with Crippen molar-refractivity contribution in [1.29, 1.82) is 0 Å². The van der Waals surface area contributed by atoms with Crippen LogP contribution in [0.1, 0.15) is 48.8 Å². The largest absolute Gasteiger partial charge is 0.361 e. The number of aromatic nitrogens is 2. The van der Waals surface area contributed by atoms with Crippen LogP contribution in [0, 0.1) is 13.8 Å². The van der Waals surface area contributed by atoms with Gasteiger partial charge < -0.3 is 9.55 Å². The molecule has 0 radical (unpaired) electrons. The first-order chi connectivity index (χ1) is 20.2. The summed E-state index contributed by atoms with van der Waals surface area (Å²) >= 11 is 1.45. The van der Waals surface area contributed by atoms with Crippen LogP contribution in [0.5, 0.6) is 0 Å². The summed E-state index contributed by atoms with van der Waals surface area (Å²) in [5.74, 6) is -0.00569. The number of para-hydroxylation sites is 2. The number of rotatable bonds is 6. The third-order valence-electron chi connectivity index (χ3n) is 7.90. The maximum absolute atomic E-state index is 13.9. The van der Waals surface area contributed by atoms with Crippen molar-refractivity contribution < 1.29 is 4.79 Å². The minimum Gasteiger partial charge on any atom is -0.361 e. The molecule has 6 rings (SSSR count). The number of benzene rings is 3. The number of hydrogen-bond acceptors (Lipinski definition) is 3. The van der Waals surface area contributed by atoms with Crippen molar-refractivity contribution in [3.63, 3.8) is 0 Å². The number of nitrogens with one attached hydrogen (secondary N) is 1. The zero-order valence-electron chi connectivity index (χ0n) is 24.8. The Balaban J connectivity index is 1.31. The third-order valence-corrected chi connectivity index (χ3v) is 8.90. The van der Waals surface area contributed by atoms with Crippen LogP contribution in [-0.4, -0.2) is 32.1 Å². The molecular weight excluding hydrogens is 536 g/mol. The van der Waals surface area contributed by atoms with Crippen molar-refractivity contribution in [2.24, 2.45) is 4.99 Å². The van der Waals surface area contributed by atoms with Crippen molar-refractivity contribution in [3.05, 3.63) is 124 Å². The molecule has 1 N–H and O–H groups in total. The summed E-state index contributed by atoms with van der Waals surface area (Å²) in [7, 11) is 0. The molecule has 3 heterocycles. The number of thioether (sulfide) groups is 1. The lowest BCUT2D eigenvalue weighted by atomic mass is 9.87. The Morgan fingerprint density at radius 2 is 1.64 bits per heavy atom. The number of aliphatic imine (C=N–C) groups is 1. The molecule has 5 aromatic rings. The predicted molar refractivity (Wildman–Crippen MR) is 177 cm³/mol. The summed E-state index contributed by atoms with van der Waals surface area (Å²) in [6, 6.07) is 29.1. The average Bonchev–Trinajstić information content (AvgIpc) is 3.61. The second kappa shape index (κ2) is 11.2. The highest BCUT2D eigenvalue weighted by Crippen LogP contribution is 2.36. The number of H-pyrrole nitrogens is 1. The fourth-order valence-corrected chi connectivity index (χ4v) is 6.57. The highest BCUT2D eigenvalue weighted by atomic mass is 32.2. The van der Waals surface area contributed by atoms with Crippen molar-refractivity contribution in [1.82, 2.24) is 14.5 Å². The highest BCUT2D eigenvalue weighted by Gasteiger charge is 2.33. The number of carbonyl (C=O) groups is 1. The van der Waals surface area contributed by atoms with Gasteiger partial charge in [0.15, 0.2) is 5.17 Å². The summed E-state index contributed by atoms with van der Waals surface area (Å²) in [6.45, 7) is 11.5. The van der Waals surface area contributed by atoms with Gasteiger partial charge in [0.05, 0.1) is 10.6 Å². The normalized spacial score (nSPS) is 15.9. The van der Waals surface area contributed by atoms with Crippen LogP contribution in [0.25, 0.3) is 22.7 Å². The molecule has 3 aromatic carbocycles. The number of nitrogens with zero attached hydrogens (tertiary/aromatic N) is 3. The Bertz CT molecular complexity index is 1820. The number of amides is 1. The van der Waals surface area contributed by atoms with E-state index < -0.39 is 0 Å². The molecule has 212 valence electrons. The van der Waals surface area contributed by atoms with Crippen LogP contribution in [0.3, 0.4) is 0 Å². The standard InChI is InChI=1S/C36H36N4OS/c1-24-21-27(25(2)40(24)30-17-15-28(16-18-30)36(3,4)5)22-33-34(41)39(35(42-33)38-29-11-7-6-8-12-29)20-19-26-23-37-32-14-10-9-13-31(26)32/h6-18,21-23,37H,19-20H2,1-5H3/b33-22-,38-35?. The van der Waals surface area contributed by atoms with Crippen molar-refractivity contribution in [3.8, 4) is 5.69 Å². The van der Waals surface area contributed by atoms with E-state index in [1.54, 1.807) is 0 Å². The van der Waals surface area contributed by atoms with E-state index in [-0.39, 0.29) is 11.3 Å². The van der Waals surface area contributed by atoms with Crippen LogP contribution >= 0.6 is 11.8 Å². The molecule has 2 aromatic heterocycles. The maximum atomic E-state index is 13.9. The quantitative estimate of drug-likeness (QED) is 0.207. The Morgan fingerprint density at radius 1 is 0.929 bits per heavy atom. The molecule has 0 saturated carbocycles. The SMILES string of the molecule is Cc1cc(/C=C2\SC(=Nc3ccccc3)N(CCc3c[nH]c4ccccc34)C2=O)c(C)n1-c1ccc(C(C)(C)C)cc1. The Kier molecular flexibility index (Phi) is 7.42. The van der Waals surface area contributed by atoms with Gasteiger partial charge in [0, 0.05) is 40.7 Å². The van der Waals surface area contributed by atoms with Gasteiger partial charge in [-0.3, -0.25) is 9.69 Å². The smallest absolute Gasteiger partial charge is 0.266 e. The van der Waals surface area contributed by atoms with Crippen LogP contribution in [0.15, 0.2) is 101 Å². The number of fused-ring (bicyclic) bond motifs is 1.